The number of rotatable bonds is 6. The van der Waals surface area contributed by atoms with Crippen molar-refractivity contribution in [3.63, 3.8) is 0 Å². The first-order chi connectivity index (χ1) is 17.4. The lowest BCUT2D eigenvalue weighted by Crippen LogP contribution is -2.41. The highest BCUT2D eigenvalue weighted by atomic mass is 19.1. The summed E-state index contributed by atoms with van der Waals surface area (Å²) in [5.74, 6) is -0.666. The zero-order chi connectivity index (χ0) is 25.4. The van der Waals surface area contributed by atoms with Gasteiger partial charge in [-0.3, -0.25) is 19.3 Å². The number of halogens is 1. The Kier molecular flexibility index (Phi) is 6.26. The Hall–Kier alpha value is -4.07. The Morgan fingerprint density at radius 2 is 2.03 bits per heavy atom. The van der Waals surface area contributed by atoms with Crippen LogP contribution in [-0.2, 0) is 16.1 Å². The summed E-state index contributed by atoms with van der Waals surface area (Å²) in [6.45, 7) is 2.28. The number of aliphatic hydroxyl groups excluding tert-OH is 2. The van der Waals surface area contributed by atoms with Gasteiger partial charge in [-0.25, -0.2) is 19.3 Å². The number of aliphatic hydroxyl groups is 2. The van der Waals surface area contributed by atoms with E-state index in [-0.39, 0.29) is 11.5 Å². The van der Waals surface area contributed by atoms with E-state index in [1.54, 1.807) is 6.20 Å². The number of hydrogen-bond acceptors (Lipinski definition) is 10. The van der Waals surface area contributed by atoms with Gasteiger partial charge in [-0.15, -0.1) is 0 Å². The van der Waals surface area contributed by atoms with Crippen LogP contribution in [0.5, 0.6) is 0 Å². The van der Waals surface area contributed by atoms with E-state index in [9.17, 15) is 19.4 Å². The van der Waals surface area contributed by atoms with Crippen molar-refractivity contribution in [1.29, 1.82) is 0 Å². The van der Waals surface area contributed by atoms with Gasteiger partial charge in [0.2, 0.25) is 0 Å². The molecule has 1 aliphatic rings. The van der Waals surface area contributed by atoms with Crippen molar-refractivity contribution >= 4 is 22.9 Å². The van der Waals surface area contributed by atoms with E-state index >= 15 is 0 Å². The molecule has 4 aromatic rings. The number of nitrogens with zero attached hydrogens (tertiary/aromatic N) is 6. The number of aryl methyl sites for hydroxylation is 1. The van der Waals surface area contributed by atoms with Crippen molar-refractivity contribution in [2.24, 2.45) is 0 Å². The molecule has 4 aromatic heterocycles. The number of hydrogen-bond donors (Lipinski definition) is 4. The summed E-state index contributed by atoms with van der Waals surface area (Å²) in [4.78, 5) is 33.8. The third kappa shape index (κ3) is 4.34. The summed E-state index contributed by atoms with van der Waals surface area (Å²) < 4.78 is 21.0. The number of carbonyl (C=O) groups is 1. The predicted molar refractivity (Wildman–Crippen MR) is 125 cm³/mol. The summed E-state index contributed by atoms with van der Waals surface area (Å²) in [5.41, 5.74) is 2.70. The van der Waals surface area contributed by atoms with Crippen LogP contribution in [0, 0.1) is 12.7 Å². The van der Waals surface area contributed by atoms with Crippen molar-refractivity contribution < 1.29 is 24.1 Å². The molecule has 1 fully saturated rings. The molecule has 0 spiro atoms. The number of pyridine rings is 2. The molecule has 1 aliphatic heterocycles. The number of nitrogens with one attached hydrogen (secondary N) is 2. The Labute approximate surface area is 204 Å². The SMILES string of the molecule is CNC(=O)[C@H]1O[C@@H](n2cnc3c(NCc4cc(C)ccn4)nc(-c4cncc(F)c4)nc32)[C@H](O)[C@@H]1O. The first-order valence-electron chi connectivity index (χ1n) is 11.1. The molecule has 0 aliphatic carbocycles. The lowest BCUT2D eigenvalue weighted by molar-refractivity contribution is -0.137. The molecule has 186 valence electrons. The first-order valence-corrected chi connectivity index (χ1v) is 11.1. The monoisotopic (exact) mass is 494 g/mol. The minimum Gasteiger partial charge on any atom is -0.387 e. The fourth-order valence-electron chi connectivity index (χ4n) is 4.01. The molecule has 36 heavy (non-hydrogen) atoms. The maximum absolute atomic E-state index is 13.9. The Bertz CT molecular complexity index is 1430. The van der Waals surface area contributed by atoms with Crippen molar-refractivity contribution in [2.45, 2.75) is 38.0 Å². The predicted octanol–water partition coefficient (Wildman–Crippen LogP) is 0.708. The number of fused-ring (bicyclic) bond motifs is 1. The molecule has 0 bridgehead atoms. The van der Waals surface area contributed by atoms with Crippen LogP contribution >= 0.6 is 0 Å². The molecule has 4 N–H and O–H groups in total. The van der Waals surface area contributed by atoms with Crippen LogP contribution in [0.3, 0.4) is 0 Å². The van der Waals surface area contributed by atoms with E-state index in [1.165, 1.54) is 30.2 Å². The van der Waals surface area contributed by atoms with Crippen molar-refractivity contribution in [3.05, 3.63) is 60.2 Å². The van der Waals surface area contributed by atoms with Crippen LogP contribution in [0.25, 0.3) is 22.6 Å². The Morgan fingerprint density at radius 1 is 1.19 bits per heavy atom. The van der Waals surface area contributed by atoms with Crippen molar-refractivity contribution in [1.82, 2.24) is 34.8 Å². The molecule has 1 amide bonds. The summed E-state index contributed by atoms with van der Waals surface area (Å²) in [5, 5.41) is 26.6. The third-order valence-electron chi connectivity index (χ3n) is 5.81. The maximum Gasteiger partial charge on any atom is 0.251 e. The number of carbonyl (C=O) groups excluding carboxylic acids is 1. The molecular formula is C23H23FN8O4. The van der Waals surface area contributed by atoms with Crippen LogP contribution < -0.4 is 10.6 Å². The van der Waals surface area contributed by atoms with Gasteiger partial charge in [0.1, 0.15) is 18.0 Å². The van der Waals surface area contributed by atoms with Crippen molar-refractivity contribution in [2.75, 3.05) is 12.4 Å². The first kappa shape index (κ1) is 23.7. The van der Waals surface area contributed by atoms with Gasteiger partial charge >= 0.3 is 0 Å². The number of aromatic nitrogens is 6. The summed E-state index contributed by atoms with van der Waals surface area (Å²) >= 11 is 0. The van der Waals surface area contributed by atoms with Gasteiger partial charge in [0.15, 0.2) is 35.1 Å². The Balaban J connectivity index is 1.58. The van der Waals surface area contributed by atoms with Gasteiger partial charge in [-0.2, -0.15) is 0 Å². The number of amides is 1. The largest absolute Gasteiger partial charge is 0.387 e. The molecule has 0 aromatic carbocycles. The fourth-order valence-corrected chi connectivity index (χ4v) is 4.01. The average molecular weight is 494 g/mol. The second-order valence-electron chi connectivity index (χ2n) is 8.33. The zero-order valence-corrected chi connectivity index (χ0v) is 19.3. The lowest BCUT2D eigenvalue weighted by atomic mass is 10.1. The highest BCUT2D eigenvalue weighted by molar-refractivity contribution is 5.85. The van der Waals surface area contributed by atoms with Crippen LogP contribution in [-0.4, -0.2) is 71.0 Å². The molecule has 0 unspecified atom stereocenters. The van der Waals surface area contributed by atoms with E-state index in [0.717, 1.165) is 17.5 Å². The smallest absolute Gasteiger partial charge is 0.251 e. The standard InChI is InChI=1S/C23H23FN8O4/c1-11-3-4-27-14(5-11)9-28-20-15-21(31-19(30-20)12-6-13(24)8-26-7-12)32(10-29-15)23-17(34)16(33)18(36-23)22(35)25-2/h3-8,10,16-18,23,33-34H,9H2,1-2H3,(H,25,35)(H,28,30,31)/t16-,17+,18-,23+/m0/s1. The number of imidazole rings is 1. The summed E-state index contributed by atoms with van der Waals surface area (Å²) in [7, 11) is 1.40. The normalized spacial score (nSPS) is 21.6. The van der Waals surface area contributed by atoms with Gasteiger partial charge in [-0.05, 0) is 30.7 Å². The minimum atomic E-state index is -1.47. The highest BCUT2D eigenvalue weighted by Crippen LogP contribution is 2.33. The molecule has 0 saturated carbocycles. The van der Waals surface area contributed by atoms with Crippen molar-refractivity contribution in [3.8, 4) is 11.4 Å². The zero-order valence-electron chi connectivity index (χ0n) is 19.3. The molecular weight excluding hydrogens is 471 g/mol. The van der Waals surface area contributed by atoms with Crippen LogP contribution in [0.2, 0.25) is 0 Å². The molecule has 1 saturated heterocycles. The van der Waals surface area contributed by atoms with E-state index < -0.39 is 36.3 Å². The summed E-state index contributed by atoms with van der Waals surface area (Å²) in [6, 6.07) is 5.05. The number of ether oxygens (including phenoxy) is 1. The average Bonchev–Trinajstić information content (AvgIpc) is 3.43. The lowest BCUT2D eigenvalue weighted by Gasteiger charge is -2.17. The van der Waals surface area contributed by atoms with E-state index in [1.807, 2.05) is 19.1 Å². The number of anilines is 1. The van der Waals surface area contributed by atoms with Crippen LogP contribution in [0.1, 0.15) is 17.5 Å². The van der Waals surface area contributed by atoms with E-state index in [4.69, 9.17) is 4.74 Å². The van der Waals surface area contributed by atoms with Crippen LogP contribution in [0.4, 0.5) is 10.2 Å². The highest BCUT2D eigenvalue weighted by Gasteiger charge is 2.47. The van der Waals surface area contributed by atoms with Gasteiger partial charge in [0, 0.05) is 25.0 Å². The second kappa shape index (κ2) is 9.53. The van der Waals surface area contributed by atoms with Gasteiger partial charge < -0.3 is 25.6 Å². The topological polar surface area (TPSA) is 160 Å². The summed E-state index contributed by atoms with van der Waals surface area (Å²) in [6.07, 6.45) is 0.209. The van der Waals surface area contributed by atoms with E-state index in [2.05, 4.69) is 35.6 Å². The van der Waals surface area contributed by atoms with Gasteiger partial charge in [-0.1, -0.05) is 0 Å². The van der Waals surface area contributed by atoms with Gasteiger partial charge in [0.25, 0.3) is 5.91 Å². The molecule has 4 atom stereocenters. The third-order valence-corrected chi connectivity index (χ3v) is 5.81. The maximum atomic E-state index is 13.9. The minimum absolute atomic E-state index is 0.145. The van der Waals surface area contributed by atoms with Gasteiger partial charge in [0.05, 0.1) is 24.8 Å². The molecule has 12 nitrogen and oxygen atoms in total. The molecule has 0 radical (unpaired) electrons. The Morgan fingerprint density at radius 3 is 2.78 bits per heavy atom. The molecule has 5 heterocycles. The second-order valence-corrected chi connectivity index (χ2v) is 8.33. The van der Waals surface area contributed by atoms with Crippen LogP contribution in [0.15, 0.2) is 43.1 Å². The quantitative estimate of drug-likeness (QED) is 0.300. The van der Waals surface area contributed by atoms with E-state index in [0.29, 0.717) is 23.4 Å². The fraction of sp³-hybridized carbons (Fsp3) is 0.304. The molecule has 5 rings (SSSR count). The number of likely N-dealkylation sites (N-methyl/N-ethyl adjacent to an activating group) is 1. The molecule has 13 heteroatoms.